The summed E-state index contributed by atoms with van der Waals surface area (Å²) < 4.78 is 36.3. The molecule has 0 heterocycles. The van der Waals surface area contributed by atoms with Gasteiger partial charge >= 0.3 is 51.6 Å². The number of carbonyl (C=O) groups is 1. The van der Waals surface area contributed by atoms with E-state index < -0.39 is 29.8 Å². The number of halogens is 3. The fraction of sp³-hybridized carbons (Fsp3) is 0.500. The third kappa shape index (κ3) is 6.20. The molecule has 0 aliphatic heterocycles. The van der Waals surface area contributed by atoms with Gasteiger partial charge in [0.05, 0.1) is 0 Å². The van der Waals surface area contributed by atoms with Crippen molar-refractivity contribution in [1.29, 1.82) is 0 Å². The first kappa shape index (κ1) is 8.20. The van der Waals surface area contributed by atoms with Crippen LogP contribution in [0.15, 0.2) is 0 Å². The number of hydrogen-bond donors (Lipinski definition) is 0. The number of hydrogen-bond acceptors (Lipinski definition) is 2. The molecule has 46 valence electrons. The molecule has 0 N–H and O–H groups in total. The minimum atomic E-state index is -6.94. The Morgan fingerprint density at radius 2 is 1.88 bits per heavy atom. The fourth-order valence-corrected chi connectivity index (χ4v) is 2.02. The molecule has 0 spiro atoms. The van der Waals surface area contributed by atoms with E-state index in [1.54, 1.807) is 0 Å². The monoisotopic (exact) mass is 318 g/mol. The van der Waals surface area contributed by atoms with Crippen LogP contribution in [0.3, 0.4) is 0 Å². The van der Waals surface area contributed by atoms with Crippen molar-refractivity contribution in [2.75, 3.05) is 0 Å². The molecule has 0 aliphatic carbocycles. The summed E-state index contributed by atoms with van der Waals surface area (Å²) in [6, 6.07) is 0. The van der Waals surface area contributed by atoms with Crippen molar-refractivity contribution in [2.24, 2.45) is 0 Å². The molecule has 0 radical (unpaired) electrons. The van der Waals surface area contributed by atoms with Crippen LogP contribution in [0.2, 0.25) is 0 Å². The van der Waals surface area contributed by atoms with Gasteiger partial charge in [0, 0.05) is 0 Å². The molecule has 0 aromatic heterocycles. The van der Waals surface area contributed by atoms with Gasteiger partial charge in [-0.1, -0.05) is 0 Å². The Morgan fingerprint density at radius 3 is 1.88 bits per heavy atom. The van der Waals surface area contributed by atoms with Crippen molar-refractivity contribution in [3.8, 4) is 0 Å². The molecule has 0 atom stereocenters. The van der Waals surface area contributed by atoms with Crippen molar-refractivity contribution >= 4 is 5.97 Å². The Kier molecular flexibility index (Phi) is 2.72. The first-order valence-electron chi connectivity index (χ1n) is 2.00. The average molecular weight is 317 g/mol. The molecule has 0 aromatic carbocycles. The molecular weight excluding hydrogens is 314 g/mol. The van der Waals surface area contributed by atoms with Gasteiger partial charge in [-0.15, -0.1) is 0 Å². The first-order valence-corrected chi connectivity index (χ1v) is 10.5. The standard InChI is InChI=1S/C2H4O2.3FH.Hg/c1-2(3)4;;;;/h1H3,(H,3,4);3*1H;/q;;;;+4/p-4. The van der Waals surface area contributed by atoms with E-state index in [0.717, 1.165) is 6.92 Å². The van der Waals surface area contributed by atoms with Crippen LogP contribution in [0.25, 0.3) is 0 Å². The summed E-state index contributed by atoms with van der Waals surface area (Å²) in [7, 11) is 0. The molecule has 0 fully saturated rings. The van der Waals surface area contributed by atoms with Crippen LogP contribution in [-0.2, 0) is 31.3 Å². The van der Waals surface area contributed by atoms with E-state index in [1.807, 2.05) is 0 Å². The summed E-state index contributed by atoms with van der Waals surface area (Å²) in [6.45, 7) is 0.747. The van der Waals surface area contributed by atoms with Gasteiger partial charge in [0.15, 0.2) is 0 Å². The predicted octanol–water partition coefficient (Wildman–Crippen LogP) is 1.27. The molecule has 0 bridgehead atoms. The van der Waals surface area contributed by atoms with Gasteiger partial charge in [0.1, 0.15) is 0 Å². The second-order valence-electron chi connectivity index (χ2n) is 1.27. The third-order valence-corrected chi connectivity index (χ3v) is 3.22. The maximum absolute atomic E-state index is 11.1. The summed E-state index contributed by atoms with van der Waals surface area (Å²) in [4.78, 5) is 9.58. The van der Waals surface area contributed by atoms with E-state index in [4.69, 9.17) is 0 Å². The number of rotatable bonds is 1. The Labute approximate surface area is 51.9 Å². The Balaban J connectivity index is 3.55. The molecule has 6 heteroatoms. The Hall–Kier alpha value is 0.195. The zero-order valence-corrected chi connectivity index (χ0v) is 9.66. The van der Waals surface area contributed by atoms with Gasteiger partial charge in [-0.05, 0) is 0 Å². The SMILES string of the molecule is CC(=O)[O][Hg]([F])([F])[F]. The average Bonchev–Trinajstić information content (AvgIpc) is 1.21. The Morgan fingerprint density at radius 1 is 1.50 bits per heavy atom. The zero-order valence-electron chi connectivity index (χ0n) is 4.16. The van der Waals surface area contributed by atoms with E-state index >= 15 is 0 Å². The van der Waals surface area contributed by atoms with Crippen molar-refractivity contribution in [3.63, 3.8) is 0 Å². The summed E-state index contributed by atoms with van der Waals surface area (Å²) in [5.74, 6) is -1.24. The molecule has 0 aliphatic rings. The van der Waals surface area contributed by atoms with Crippen molar-refractivity contribution < 1.29 is 38.7 Å². The summed E-state index contributed by atoms with van der Waals surface area (Å²) in [5, 5.41) is 0. The van der Waals surface area contributed by atoms with Crippen molar-refractivity contribution in [3.05, 3.63) is 0 Å². The second-order valence-corrected chi connectivity index (χ2v) is 7.29. The van der Waals surface area contributed by atoms with E-state index in [9.17, 15) is 12.2 Å². The van der Waals surface area contributed by atoms with Crippen molar-refractivity contribution in [1.82, 2.24) is 0 Å². The van der Waals surface area contributed by atoms with Gasteiger partial charge in [-0.3, -0.25) is 0 Å². The topological polar surface area (TPSA) is 26.3 Å². The van der Waals surface area contributed by atoms with Gasteiger partial charge in [-0.2, -0.15) is 0 Å². The minimum absolute atomic E-state index is 0.747. The van der Waals surface area contributed by atoms with Crippen LogP contribution in [0, 0.1) is 0 Å². The second kappa shape index (κ2) is 2.66. The van der Waals surface area contributed by atoms with Crippen LogP contribution < -0.4 is 0 Å². The molecule has 0 rings (SSSR count). The first-order chi connectivity index (χ1) is 3.42. The Bertz CT molecular complexity index is 97.9. The normalized spacial score (nSPS) is 9.00. The third-order valence-electron chi connectivity index (χ3n) is 0.367. The maximum atomic E-state index is 11.1. The fourth-order valence-electron chi connectivity index (χ4n) is 0.230. The van der Waals surface area contributed by atoms with Crippen LogP contribution in [0.1, 0.15) is 6.92 Å². The van der Waals surface area contributed by atoms with Gasteiger partial charge in [0.25, 0.3) is 0 Å². The number of carbonyl (C=O) groups excluding carboxylic acids is 1. The predicted molar refractivity (Wildman–Crippen MR) is 15.1 cm³/mol. The van der Waals surface area contributed by atoms with E-state index in [2.05, 4.69) is 2.64 Å². The van der Waals surface area contributed by atoms with E-state index in [1.165, 1.54) is 0 Å². The van der Waals surface area contributed by atoms with Gasteiger partial charge < -0.3 is 0 Å². The zero-order chi connectivity index (χ0) is 6.78. The van der Waals surface area contributed by atoms with Crippen LogP contribution >= 0.6 is 0 Å². The summed E-state index contributed by atoms with van der Waals surface area (Å²) in [5.41, 5.74) is 0. The van der Waals surface area contributed by atoms with Gasteiger partial charge in [-0.25, -0.2) is 0 Å². The summed E-state index contributed by atoms with van der Waals surface area (Å²) in [6.07, 6.45) is 0. The molecule has 8 heavy (non-hydrogen) atoms. The van der Waals surface area contributed by atoms with E-state index in [0.29, 0.717) is 0 Å². The van der Waals surface area contributed by atoms with Gasteiger partial charge in [0.2, 0.25) is 0 Å². The summed E-state index contributed by atoms with van der Waals surface area (Å²) >= 11 is -6.94. The molecule has 2 nitrogen and oxygen atoms in total. The molecule has 0 amide bonds. The molecule has 0 saturated carbocycles. The van der Waals surface area contributed by atoms with Crippen LogP contribution in [-0.4, -0.2) is 5.97 Å². The van der Waals surface area contributed by atoms with E-state index in [-0.39, 0.29) is 0 Å². The molecule has 0 saturated heterocycles. The molecule has 0 aromatic rings. The molecule has 0 unspecified atom stereocenters. The quantitative estimate of drug-likeness (QED) is 0.681. The van der Waals surface area contributed by atoms with Crippen LogP contribution in [0.4, 0.5) is 7.41 Å². The van der Waals surface area contributed by atoms with Crippen LogP contribution in [0.5, 0.6) is 0 Å². The molecular formula is C2H3F3HgO2. The van der Waals surface area contributed by atoms with Crippen molar-refractivity contribution in [2.45, 2.75) is 6.92 Å².